The van der Waals surface area contributed by atoms with Gasteiger partial charge in [-0.05, 0) is 52.0 Å². The summed E-state index contributed by atoms with van der Waals surface area (Å²) in [6.07, 6.45) is 3.62. The second kappa shape index (κ2) is 6.00. The van der Waals surface area contributed by atoms with E-state index in [2.05, 4.69) is 4.89 Å². The van der Waals surface area contributed by atoms with Crippen molar-refractivity contribution in [2.24, 2.45) is 0 Å². The summed E-state index contributed by atoms with van der Waals surface area (Å²) in [6, 6.07) is 4.87. The lowest BCUT2D eigenvalue weighted by Crippen LogP contribution is -2.41. The van der Waals surface area contributed by atoms with Gasteiger partial charge in [-0.3, -0.25) is 10.1 Å². The minimum Gasteiger partial charge on any atom is -0.507 e. The van der Waals surface area contributed by atoms with Crippen molar-refractivity contribution in [1.82, 2.24) is 0 Å². The van der Waals surface area contributed by atoms with E-state index in [1.165, 1.54) is 6.07 Å². The van der Waals surface area contributed by atoms with Crippen LogP contribution in [-0.4, -0.2) is 27.7 Å². The fourth-order valence-electron chi connectivity index (χ4n) is 4.12. The summed E-state index contributed by atoms with van der Waals surface area (Å²) < 4.78 is 18.0. The molecule has 2 aromatic carbocycles. The van der Waals surface area contributed by atoms with Crippen LogP contribution in [0.25, 0.3) is 28.0 Å². The van der Waals surface area contributed by atoms with Gasteiger partial charge in [0.2, 0.25) is 5.43 Å². The first kappa shape index (κ1) is 19.0. The van der Waals surface area contributed by atoms with Gasteiger partial charge in [0.05, 0.1) is 10.9 Å². The third kappa shape index (κ3) is 2.62. The molecule has 0 fully saturated rings. The molecule has 3 aromatic rings. The molecule has 0 saturated heterocycles. The highest BCUT2D eigenvalue weighted by molar-refractivity contribution is 6.00. The van der Waals surface area contributed by atoms with Gasteiger partial charge in [0.15, 0.2) is 5.58 Å². The quantitative estimate of drug-likeness (QED) is 0.367. The lowest BCUT2D eigenvalue weighted by Gasteiger charge is -2.28. The van der Waals surface area contributed by atoms with Gasteiger partial charge < -0.3 is 19.0 Å². The third-order valence-corrected chi connectivity index (χ3v) is 5.85. The lowest BCUT2D eigenvalue weighted by atomic mass is 9.94. The van der Waals surface area contributed by atoms with Crippen molar-refractivity contribution in [3.63, 3.8) is 0 Å². The Balaban J connectivity index is 1.78. The number of aromatic hydroxyl groups is 1. The number of phenols is 1. The van der Waals surface area contributed by atoms with E-state index in [0.717, 1.165) is 0 Å². The van der Waals surface area contributed by atoms with Gasteiger partial charge in [0.25, 0.3) is 0 Å². The van der Waals surface area contributed by atoms with Gasteiger partial charge in [-0.1, -0.05) is 0 Å². The first-order valence-corrected chi connectivity index (χ1v) is 9.77. The molecule has 30 heavy (non-hydrogen) atoms. The molecule has 0 spiro atoms. The Morgan fingerprint density at radius 3 is 2.70 bits per heavy atom. The first-order chi connectivity index (χ1) is 14.1. The van der Waals surface area contributed by atoms with Crippen LogP contribution >= 0.6 is 0 Å². The van der Waals surface area contributed by atoms with E-state index in [9.17, 15) is 15.2 Å². The highest BCUT2D eigenvalue weighted by atomic mass is 17.1. The summed E-state index contributed by atoms with van der Waals surface area (Å²) in [6.45, 7) is 7.22. The molecule has 7 nitrogen and oxygen atoms in total. The smallest absolute Gasteiger partial charge is 0.204 e. The molecular weight excluding hydrogens is 388 g/mol. The molecule has 1 atom stereocenters. The fraction of sp³-hybridized carbons (Fsp3) is 0.348. The molecule has 0 bridgehead atoms. The van der Waals surface area contributed by atoms with E-state index < -0.39 is 17.3 Å². The van der Waals surface area contributed by atoms with Crippen LogP contribution in [-0.2, 0) is 11.3 Å². The summed E-state index contributed by atoms with van der Waals surface area (Å²) in [7, 11) is 0. The van der Waals surface area contributed by atoms with E-state index in [0.29, 0.717) is 40.0 Å². The van der Waals surface area contributed by atoms with Crippen molar-refractivity contribution in [3.05, 3.63) is 45.6 Å². The second-order valence-corrected chi connectivity index (χ2v) is 8.90. The minimum atomic E-state index is -0.960. The summed E-state index contributed by atoms with van der Waals surface area (Å²) in [5.41, 5.74) is 0.132. The van der Waals surface area contributed by atoms with E-state index >= 15 is 0 Å². The number of hydrogen-bond donors (Lipinski definition) is 2. The molecule has 0 aliphatic carbocycles. The van der Waals surface area contributed by atoms with E-state index in [1.807, 2.05) is 26.0 Å². The molecule has 1 unspecified atom stereocenters. The Labute approximate surface area is 172 Å². The van der Waals surface area contributed by atoms with Crippen LogP contribution in [0.4, 0.5) is 0 Å². The SMILES string of the molecule is CC1(C)C=Cc2c(cc(O)c3c(=O)c4c5c(ccc4oc23)OC(C(C)(C)OO)C5)O1. The monoisotopic (exact) mass is 410 g/mol. The Morgan fingerprint density at radius 2 is 1.97 bits per heavy atom. The second-order valence-electron chi connectivity index (χ2n) is 8.90. The van der Waals surface area contributed by atoms with Crippen LogP contribution in [0.2, 0.25) is 0 Å². The predicted octanol–water partition coefficient (Wildman–Crippen LogP) is 4.41. The molecule has 0 radical (unpaired) electrons. The zero-order chi connectivity index (χ0) is 21.4. The largest absolute Gasteiger partial charge is 0.507 e. The minimum absolute atomic E-state index is 0.101. The molecule has 3 heterocycles. The number of benzene rings is 2. The predicted molar refractivity (Wildman–Crippen MR) is 111 cm³/mol. The van der Waals surface area contributed by atoms with Gasteiger partial charge in [0, 0.05) is 18.1 Å². The van der Waals surface area contributed by atoms with E-state index in [4.69, 9.17) is 13.9 Å². The van der Waals surface area contributed by atoms with Crippen LogP contribution < -0.4 is 14.9 Å². The van der Waals surface area contributed by atoms with Gasteiger partial charge in [-0.15, -0.1) is 0 Å². The number of phenolic OH excluding ortho intramolecular Hbond substituents is 1. The van der Waals surface area contributed by atoms with Crippen LogP contribution in [0, 0.1) is 0 Å². The molecule has 1 aromatic heterocycles. The van der Waals surface area contributed by atoms with Gasteiger partial charge in [-0.2, -0.15) is 0 Å². The average Bonchev–Trinajstić information content (AvgIpc) is 3.12. The third-order valence-electron chi connectivity index (χ3n) is 5.85. The van der Waals surface area contributed by atoms with Crippen molar-refractivity contribution in [2.75, 3.05) is 0 Å². The molecule has 2 N–H and O–H groups in total. The Kier molecular flexibility index (Phi) is 3.79. The molecule has 2 aliphatic heterocycles. The van der Waals surface area contributed by atoms with Crippen molar-refractivity contribution in [2.45, 2.75) is 51.4 Å². The van der Waals surface area contributed by atoms with E-state index in [1.54, 1.807) is 26.0 Å². The molecule has 0 saturated carbocycles. The summed E-state index contributed by atoms with van der Waals surface area (Å²) >= 11 is 0. The van der Waals surface area contributed by atoms with Crippen molar-refractivity contribution in [3.8, 4) is 17.2 Å². The molecular formula is C23H22O7. The molecule has 0 amide bonds. The average molecular weight is 410 g/mol. The number of ether oxygens (including phenoxy) is 2. The van der Waals surface area contributed by atoms with Crippen LogP contribution in [0.3, 0.4) is 0 Å². The Morgan fingerprint density at radius 1 is 1.20 bits per heavy atom. The summed E-state index contributed by atoms with van der Waals surface area (Å²) in [5.74, 6) is 0.797. The maximum Gasteiger partial charge on any atom is 0.204 e. The van der Waals surface area contributed by atoms with Gasteiger partial charge in [-0.25, -0.2) is 4.89 Å². The van der Waals surface area contributed by atoms with Crippen molar-refractivity contribution in [1.29, 1.82) is 0 Å². The highest BCUT2D eigenvalue weighted by Crippen LogP contribution is 2.43. The molecule has 5 rings (SSSR count). The van der Waals surface area contributed by atoms with Crippen LogP contribution in [0.15, 0.2) is 33.5 Å². The van der Waals surface area contributed by atoms with Gasteiger partial charge in [0.1, 0.15) is 45.5 Å². The number of hydrogen-bond acceptors (Lipinski definition) is 7. The normalized spacial score (nSPS) is 19.4. The maximum absolute atomic E-state index is 13.5. The highest BCUT2D eigenvalue weighted by Gasteiger charge is 2.39. The topological polar surface area (TPSA) is 98.4 Å². The maximum atomic E-state index is 13.5. The summed E-state index contributed by atoms with van der Waals surface area (Å²) in [5, 5.41) is 20.3. The first-order valence-electron chi connectivity index (χ1n) is 9.77. The van der Waals surface area contributed by atoms with Crippen molar-refractivity contribution >= 4 is 28.0 Å². The zero-order valence-electron chi connectivity index (χ0n) is 17.1. The van der Waals surface area contributed by atoms with Crippen molar-refractivity contribution < 1.29 is 29.1 Å². The molecule has 7 heteroatoms. The van der Waals surface area contributed by atoms with Gasteiger partial charge >= 0.3 is 0 Å². The number of rotatable bonds is 2. The summed E-state index contributed by atoms with van der Waals surface area (Å²) in [4.78, 5) is 18.1. The van der Waals surface area contributed by atoms with E-state index in [-0.39, 0.29) is 22.1 Å². The molecule has 2 aliphatic rings. The zero-order valence-corrected chi connectivity index (χ0v) is 17.1. The van der Waals surface area contributed by atoms with Crippen LogP contribution in [0.1, 0.15) is 38.8 Å². The lowest BCUT2D eigenvalue weighted by molar-refractivity contribution is -0.329. The Hall–Kier alpha value is -3.03. The number of fused-ring (bicyclic) bond motifs is 6. The Bertz CT molecular complexity index is 1300. The van der Waals surface area contributed by atoms with Crippen LogP contribution in [0.5, 0.6) is 17.2 Å². The molecule has 156 valence electrons. The standard InChI is InChI=1S/C23H22O7/c1-22(2)8-7-11-16(29-22)10-13(24)19-20(25)18-12-9-17(23(3,4)30-26)27-14(12)5-6-15(18)28-21(11)19/h5-8,10,17,24,26H,9H2,1-4H3. The fourth-order valence-corrected chi connectivity index (χ4v) is 4.12.